The third kappa shape index (κ3) is 6.36. The molecule has 0 aliphatic heterocycles. The van der Waals surface area contributed by atoms with Crippen LogP contribution in [0.25, 0.3) is 0 Å². The number of amides is 2. The minimum atomic E-state index is -1.21. The molecule has 158 valence electrons. The molecule has 0 heterocycles. The lowest BCUT2D eigenvalue weighted by Gasteiger charge is -2.16. The Morgan fingerprint density at radius 1 is 1.13 bits per heavy atom. The van der Waals surface area contributed by atoms with Crippen LogP contribution in [0, 0.1) is 15.9 Å². The number of nitrogens with zero attached hydrogens (tertiary/aromatic N) is 1. The predicted octanol–water partition coefficient (Wildman–Crippen LogP) is 2.81. The van der Waals surface area contributed by atoms with Crippen molar-refractivity contribution in [2.75, 3.05) is 5.32 Å². The molecule has 30 heavy (non-hydrogen) atoms. The molecule has 0 bridgehead atoms. The lowest BCUT2D eigenvalue weighted by Crippen LogP contribution is -2.36. The summed E-state index contributed by atoms with van der Waals surface area (Å²) in [5.74, 6) is -2.85. The number of halogens is 1. The van der Waals surface area contributed by atoms with Gasteiger partial charge in [-0.15, -0.1) is 0 Å². The van der Waals surface area contributed by atoms with Crippen LogP contribution in [0.2, 0.25) is 0 Å². The van der Waals surface area contributed by atoms with Crippen LogP contribution in [0.3, 0.4) is 0 Å². The minimum absolute atomic E-state index is 0.0144. The number of ether oxygens (including phenoxy) is 1. The number of carbonyl (C=O) groups excluding carboxylic acids is 3. The highest BCUT2D eigenvalue weighted by molar-refractivity contribution is 5.96. The lowest BCUT2D eigenvalue weighted by atomic mass is 10.2. The maximum atomic E-state index is 13.4. The Kier molecular flexibility index (Phi) is 7.56. The highest BCUT2D eigenvalue weighted by Crippen LogP contribution is 2.21. The van der Waals surface area contributed by atoms with Gasteiger partial charge in [-0.05, 0) is 38.1 Å². The van der Waals surface area contributed by atoms with Gasteiger partial charge >= 0.3 is 11.7 Å². The van der Waals surface area contributed by atoms with Gasteiger partial charge in [0.25, 0.3) is 11.8 Å². The van der Waals surface area contributed by atoms with Crippen molar-refractivity contribution in [3.05, 3.63) is 70.0 Å². The Morgan fingerprint density at radius 3 is 2.43 bits per heavy atom. The Labute approximate surface area is 171 Å². The van der Waals surface area contributed by atoms with E-state index in [1.54, 1.807) is 37.3 Å². The molecule has 0 saturated heterocycles. The van der Waals surface area contributed by atoms with E-state index in [9.17, 15) is 28.9 Å². The molecule has 0 fully saturated rings. The second-order valence-electron chi connectivity index (χ2n) is 6.49. The van der Waals surface area contributed by atoms with Gasteiger partial charge in [-0.2, -0.15) is 4.39 Å². The molecule has 10 heteroatoms. The second kappa shape index (κ2) is 10.1. The maximum Gasteiger partial charge on any atom is 0.308 e. The van der Waals surface area contributed by atoms with Crippen LogP contribution >= 0.6 is 0 Å². The van der Waals surface area contributed by atoms with Gasteiger partial charge in [0.1, 0.15) is 0 Å². The summed E-state index contributed by atoms with van der Waals surface area (Å²) < 4.78 is 18.4. The number of esters is 1. The van der Waals surface area contributed by atoms with Crippen LogP contribution in [-0.4, -0.2) is 34.9 Å². The molecule has 2 aromatic carbocycles. The van der Waals surface area contributed by atoms with Gasteiger partial charge in [0.05, 0.1) is 11.3 Å². The van der Waals surface area contributed by atoms with Crippen molar-refractivity contribution in [3.8, 4) is 0 Å². The first-order valence-corrected chi connectivity index (χ1v) is 8.97. The number of nitro benzene ring substituents is 1. The van der Waals surface area contributed by atoms with Crippen molar-refractivity contribution in [1.29, 1.82) is 0 Å². The highest BCUT2D eigenvalue weighted by atomic mass is 19.1. The fourth-order valence-electron chi connectivity index (χ4n) is 2.47. The zero-order valence-corrected chi connectivity index (χ0v) is 16.3. The van der Waals surface area contributed by atoms with Crippen LogP contribution in [0.15, 0.2) is 48.5 Å². The SMILES string of the molecule is CC(CC(=O)OC(C)C(=O)Nc1ccc(F)c([N+](=O)[O-])c1)NC(=O)c1ccccc1. The normalized spacial score (nSPS) is 12.4. The van der Waals surface area contributed by atoms with Crippen LogP contribution in [0.5, 0.6) is 0 Å². The molecule has 2 atom stereocenters. The summed E-state index contributed by atoms with van der Waals surface area (Å²) in [6.45, 7) is 2.93. The van der Waals surface area contributed by atoms with Crippen LogP contribution < -0.4 is 10.6 Å². The smallest absolute Gasteiger partial charge is 0.308 e. The number of hydrogen-bond donors (Lipinski definition) is 2. The molecule has 0 saturated carbocycles. The number of carbonyl (C=O) groups is 3. The van der Waals surface area contributed by atoms with Gasteiger partial charge in [-0.25, -0.2) is 0 Å². The topological polar surface area (TPSA) is 128 Å². The van der Waals surface area contributed by atoms with Gasteiger partial charge < -0.3 is 15.4 Å². The van der Waals surface area contributed by atoms with Crippen molar-refractivity contribution in [2.45, 2.75) is 32.4 Å². The molecule has 2 aromatic rings. The lowest BCUT2D eigenvalue weighted by molar-refractivity contribution is -0.387. The van der Waals surface area contributed by atoms with Gasteiger partial charge in [0.15, 0.2) is 6.10 Å². The van der Waals surface area contributed by atoms with E-state index in [0.29, 0.717) is 5.56 Å². The number of anilines is 1. The Bertz CT molecular complexity index is 951. The summed E-state index contributed by atoms with van der Waals surface area (Å²) >= 11 is 0. The molecule has 0 aliphatic rings. The summed E-state index contributed by atoms with van der Waals surface area (Å²) in [6, 6.07) is 10.8. The molecule has 0 spiro atoms. The first kappa shape index (κ1) is 22.5. The molecule has 2 rings (SSSR count). The monoisotopic (exact) mass is 417 g/mol. The Morgan fingerprint density at radius 2 is 1.80 bits per heavy atom. The quantitative estimate of drug-likeness (QED) is 0.386. The van der Waals surface area contributed by atoms with E-state index in [1.807, 2.05) is 0 Å². The third-order valence-corrected chi connectivity index (χ3v) is 3.97. The first-order chi connectivity index (χ1) is 14.2. The molecular formula is C20H20FN3O6. The molecule has 2 N–H and O–H groups in total. The fourth-order valence-corrected chi connectivity index (χ4v) is 2.47. The fraction of sp³-hybridized carbons (Fsp3) is 0.250. The van der Waals surface area contributed by atoms with Crippen molar-refractivity contribution in [1.82, 2.24) is 5.32 Å². The van der Waals surface area contributed by atoms with Gasteiger partial charge in [0, 0.05) is 23.4 Å². The van der Waals surface area contributed by atoms with E-state index >= 15 is 0 Å². The van der Waals surface area contributed by atoms with Crippen molar-refractivity contribution in [2.24, 2.45) is 0 Å². The van der Waals surface area contributed by atoms with E-state index in [1.165, 1.54) is 6.92 Å². The van der Waals surface area contributed by atoms with E-state index in [-0.39, 0.29) is 18.0 Å². The second-order valence-corrected chi connectivity index (χ2v) is 6.49. The molecule has 0 radical (unpaired) electrons. The Hall–Kier alpha value is -3.82. The first-order valence-electron chi connectivity index (χ1n) is 8.97. The van der Waals surface area contributed by atoms with E-state index in [2.05, 4.69) is 10.6 Å². The molecule has 0 aromatic heterocycles. The predicted molar refractivity (Wildman–Crippen MR) is 105 cm³/mol. The minimum Gasteiger partial charge on any atom is -0.452 e. The number of rotatable bonds is 8. The summed E-state index contributed by atoms with van der Waals surface area (Å²) in [6.07, 6.45) is -1.38. The van der Waals surface area contributed by atoms with Crippen LogP contribution in [0.1, 0.15) is 30.6 Å². The molecular weight excluding hydrogens is 397 g/mol. The van der Waals surface area contributed by atoms with Gasteiger partial charge in [0.2, 0.25) is 5.82 Å². The third-order valence-electron chi connectivity index (χ3n) is 3.97. The number of hydrogen-bond acceptors (Lipinski definition) is 6. The van der Waals surface area contributed by atoms with Crippen LogP contribution in [-0.2, 0) is 14.3 Å². The van der Waals surface area contributed by atoms with Crippen molar-refractivity contribution >= 4 is 29.2 Å². The molecule has 9 nitrogen and oxygen atoms in total. The average molecular weight is 417 g/mol. The number of nitro groups is 1. The van der Waals surface area contributed by atoms with Crippen molar-refractivity contribution < 1.29 is 28.4 Å². The van der Waals surface area contributed by atoms with Crippen LogP contribution in [0.4, 0.5) is 15.8 Å². The molecule has 2 amide bonds. The largest absolute Gasteiger partial charge is 0.452 e. The molecule has 2 unspecified atom stereocenters. The zero-order chi connectivity index (χ0) is 22.3. The summed E-state index contributed by atoms with van der Waals surface area (Å²) in [7, 11) is 0. The number of benzene rings is 2. The van der Waals surface area contributed by atoms with Crippen molar-refractivity contribution in [3.63, 3.8) is 0 Å². The van der Waals surface area contributed by atoms with E-state index < -0.39 is 40.5 Å². The van der Waals surface area contributed by atoms with Gasteiger partial charge in [-0.1, -0.05) is 18.2 Å². The average Bonchev–Trinajstić information content (AvgIpc) is 2.69. The maximum absolute atomic E-state index is 13.4. The number of nitrogens with one attached hydrogen (secondary N) is 2. The summed E-state index contributed by atoms with van der Waals surface area (Å²) in [5.41, 5.74) is -0.362. The summed E-state index contributed by atoms with van der Waals surface area (Å²) in [5, 5.41) is 15.7. The van der Waals surface area contributed by atoms with Gasteiger partial charge in [-0.3, -0.25) is 24.5 Å². The Balaban J connectivity index is 1.86. The highest BCUT2D eigenvalue weighted by Gasteiger charge is 2.22. The standard InChI is InChI=1S/C20H20FN3O6/c1-12(22-20(27)14-6-4-3-5-7-14)10-18(25)30-13(2)19(26)23-15-8-9-16(21)17(11-15)24(28)29/h3-9,11-13H,10H2,1-2H3,(H,22,27)(H,23,26). The molecule has 0 aliphatic carbocycles. The van der Waals surface area contributed by atoms with E-state index in [4.69, 9.17) is 4.74 Å². The summed E-state index contributed by atoms with van der Waals surface area (Å²) in [4.78, 5) is 46.1. The zero-order valence-electron chi connectivity index (χ0n) is 16.3. The van der Waals surface area contributed by atoms with E-state index in [0.717, 1.165) is 18.2 Å².